The molecule has 0 aromatic carbocycles. The van der Waals surface area contributed by atoms with E-state index in [1.807, 2.05) is 17.0 Å². The molecular weight excluding hydrogens is 318 g/mol. The van der Waals surface area contributed by atoms with Crippen LogP contribution in [0.3, 0.4) is 0 Å². The molecule has 0 unspecified atom stereocenters. The van der Waals surface area contributed by atoms with E-state index in [2.05, 4.69) is 25.9 Å². The van der Waals surface area contributed by atoms with Crippen LogP contribution in [0.15, 0.2) is 47.5 Å². The highest BCUT2D eigenvalue weighted by Gasteiger charge is 2.33. The fraction of sp³-hybridized carbons (Fsp3) is 0.267. The molecule has 102 valence electrons. The predicted molar refractivity (Wildman–Crippen MR) is 79.1 cm³/mol. The van der Waals surface area contributed by atoms with Crippen LogP contribution >= 0.6 is 15.9 Å². The molecule has 1 saturated carbocycles. The lowest BCUT2D eigenvalue weighted by Gasteiger charge is -2.23. The van der Waals surface area contributed by atoms with Gasteiger partial charge in [-0.3, -0.25) is 9.78 Å². The van der Waals surface area contributed by atoms with Crippen molar-refractivity contribution in [2.24, 2.45) is 0 Å². The second-order valence-electron chi connectivity index (χ2n) is 4.86. The summed E-state index contributed by atoms with van der Waals surface area (Å²) in [5.41, 5.74) is 1.72. The van der Waals surface area contributed by atoms with E-state index >= 15 is 0 Å². The van der Waals surface area contributed by atoms with E-state index in [0.29, 0.717) is 22.8 Å². The second-order valence-corrected chi connectivity index (χ2v) is 5.61. The van der Waals surface area contributed by atoms with Crippen molar-refractivity contribution in [3.05, 3.63) is 58.6 Å². The normalized spacial score (nSPS) is 14.1. The maximum atomic E-state index is 12.7. The number of carbonyl (C=O) groups is 1. The highest BCUT2D eigenvalue weighted by molar-refractivity contribution is 9.10. The monoisotopic (exact) mass is 331 g/mol. The van der Waals surface area contributed by atoms with Gasteiger partial charge in [0.05, 0.1) is 5.56 Å². The lowest BCUT2D eigenvalue weighted by molar-refractivity contribution is 0.0728. The molecule has 0 bridgehead atoms. The minimum absolute atomic E-state index is 0.0317. The Balaban J connectivity index is 1.84. The molecule has 1 aliphatic carbocycles. The van der Waals surface area contributed by atoms with Crippen molar-refractivity contribution >= 4 is 21.8 Å². The minimum atomic E-state index is 0.0317. The van der Waals surface area contributed by atoms with Gasteiger partial charge in [0.1, 0.15) is 4.60 Å². The topological polar surface area (TPSA) is 46.1 Å². The van der Waals surface area contributed by atoms with Gasteiger partial charge in [-0.15, -0.1) is 0 Å². The number of amides is 1. The molecule has 0 spiro atoms. The van der Waals surface area contributed by atoms with Gasteiger partial charge in [-0.25, -0.2) is 4.98 Å². The summed E-state index contributed by atoms with van der Waals surface area (Å²) in [7, 11) is 0. The molecule has 5 heteroatoms. The molecule has 0 N–H and O–H groups in total. The van der Waals surface area contributed by atoms with Crippen molar-refractivity contribution in [2.75, 3.05) is 0 Å². The molecule has 0 atom stereocenters. The Morgan fingerprint density at radius 2 is 2.00 bits per heavy atom. The molecule has 0 aliphatic heterocycles. The maximum Gasteiger partial charge on any atom is 0.257 e. The SMILES string of the molecule is O=C(c1cccnc1Br)N(Cc1ccncc1)C1CC1. The summed E-state index contributed by atoms with van der Waals surface area (Å²) in [6, 6.07) is 7.83. The number of pyridine rings is 2. The first-order valence-electron chi connectivity index (χ1n) is 6.56. The Morgan fingerprint density at radius 3 is 2.65 bits per heavy atom. The van der Waals surface area contributed by atoms with E-state index in [9.17, 15) is 4.79 Å². The van der Waals surface area contributed by atoms with Crippen LogP contribution in [0.25, 0.3) is 0 Å². The van der Waals surface area contributed by atoms with E-state index in [1.54, 1.807) is 30.7 Å². The Kier molecular flexibility index (Phi) is 3.78. The van der Waals surface area contributed by atoms with Crippen molar-refractivity contribution in [1.29, 1.82) is 0 Å². The zero-order chi connectivity index (χ0) is 13.9. The molecule has 0 saturated heterocycles. The van der Waals surface area contributed by atoms with Crippen molar-refractivity contribution in [3.63, 3.8) is 0 Å². The van der Waals surface area contributed by atoms with Gasteiger partial charge in [0.25, 0.3) is 5.91 Å². The van der Waals surface area contributed by atoms with Crippen molar-refractivity contribution in [2.45, 2.75) is 25.4 Å². The number of hydrogen-bond acceptors (Lipinski definition) is 3. The van der Waals surface area contributed by atoms with Gasteiger partial charge in [-0.2, -0.15) is 0 Å². The van der Waals surface area contributed by atoms with Gasteiger partial charge < -0.3 is 4.90 Å². The summed E-state index contributed by atoms with van der Waals surface area (Å²) < 4.78 is 0.602. The first-order chi connectivity index (χ1) is 9.75. The molecule has 1 amide bonds. The zero-order valence-electron chi connectivity index (χ0n) is 10.9. The molecule has 3 rings (SSSR count). The maximum absolute atomic E-state index is 12.7. The van der Waals surface area contributed by atoms with Crippen LogP contribution in [0.1, 0.15) is 28.8 Å². The zero-order valence-corrected chi connectivity index (χ0v) is 12.5. The predicted octanol–water partition coefficient (Wildman–Crippen LogP) is 3.04. The highest BCUT2D eigenvalue weighted by atomic mass is 79.9. The number of carbonyl (C=O) groups excluding carboxylic acids is 1. The minimum Gasteiger partial charge on any atom is -0.331 e. The largest absolute Gasteiger partial charge is 0.331 e. The van der Waals surface area contributed by atoms with E-state index in [0.717, 1.165) is 18.4 Å². The highest BCUT2D eigenvalue weighted by Crippen LogP contribution is 2.30. The fourth-order valence-electron chi connectivity index (χ4n) is 2.14. The van der Waals surface area contributed by atoms with Crippen LogP contribution < -0.4 is 0 Å². The summed E-state index contributed by atoms with van der Waals surface area (Å²) in [4.78, 5) is 22.8. The first kappa shape index (κ1) is 13.2. The van der Waals surface area contributed by atoms with Crippen LogP contribution in [0.5, 0.6) is 0 Å². The molecule has 2 aromatic heterocycles. The molecule has 4 nitrogen and oxygen atoms in total. The Morgan fingerprint density at radius 1 is 1.25 bits per heavy atom. The third-order valence-electron chi connectivity index (χ3n) is 3.34. The van der Waals surface area contributed by atoms with E-state index in [1.165, 1.54) is 0 Å². The van der Waals surface area contributed by atoms with Crippen molar-refractivity contribution in [3.8, 4) is 0 Å². The van der Waals surface area contributed by atoms with Gasteiger partial charge in [0, 0.05) is 31.2 Å². The molecule has 0 radical (unpaired) electrons. The third-order valence-corrected chi connectivity index (χ3v) is 3.97. The molecule has 20 heavy (non-hydrogen) atoms. The Hall–Kier alpha value is -1.75. The number of nitrogens with zero attached hydrogens (tertiary/aromatic N) is 3. The molecule has 1 fully saturated rings. The van der Waals surface area contributed by atoms with Crippen LogP contribution in [0.2, 0.25) is 0 Å². The Bertz CT molecular complexity index is 614. The van der Waals surface area contributed by atoms with Crippen LogP contribution in [0.4, 0.5) is 0 Å². The fourth-order valence-corrected chi connectivity index (χ4v) is 2.56. The van der Waals surface area contributed by atoms with Gasteiger partial charge in [0.2, 0.25) is 0 Å². The van der Waals surface area contributed by atoms with Crippen molar-refractivity contribution in [1.82, 2.24) is 14.9 Å². The first-order valence-corrected chi connectivity index (χ1v) is 7.35. The summed E-state index contributed by atoms with van der Waals surface area (Å²) in [5, 5.41) is 0. The Labute approximate surface area is 126 Å². The average molecular weight is 332 g/mol. The van der Waals surface area contributed by atoms with E-state index in [4.69, 9.17) is 0 Å². The van der Waals surface area contributed by atoms with Gasteiger partial charge in [-0.1, -0.05) is 0 Å². The van der Waals surface area contributed by atoms with Crippen LogP contribution in [-0.2, 0) is 6.54 Å². The number of aromatic nitrogens is 2. The number of rotatable bonds is 4. The van der Waals surface area contributed by atoms with E-state index < -0.39 is 0 Å². The number of hydrogen-bond donors (Lipinski definition) is 0. The lowest BCUT2D eigenvalue weighted by Crippen LogP contribution is -2.33. The smallest absolute Gasteiger partial charge is 0.257 e. The van der Waals surface area contributed by atoms with Crippen LogP contribution in [0, 0.1) is 0 Å². The van der Waals surface area contributed by atoms with E-state index in [-0.39, 0.29) is 5.91 Å². The quantitative estimate of drug-likeness (QED) is 0.809. The third kappa shape index (κ3) is 2.88. The van der Waals surface area contributed by atoms with Crippen molar-refractivity contribution < 1.29 is 4.79 Å². The molecule has 2 aromatic rings. The summed E-state index contributed by atoms with van der Waals surface area (Å²) >= 11 is 3.35. The lowest BCUT2D eigenvalue weighted by atomic mass is 10.2. The molecular formula is C15H14BrN3O. The average Bonchev–Trinajstić information content (AvgIpc) is 3.30. The van der Waals surface area contributed by atoms with Gasteiger partial charge in [-0.05, 0) is 58.6 Å². The molecule has 1 aliphatic rings. The van der Waals surface area contributed by atoms with Gasteiger partial charge in [0.15, 0.2) is 0 Å². The van der Waals surface area contributed by atoms with Crippen LogP contribution in [-0.4, -0.2) is 26.8 Å². The summed E-state index contributed by atoms with van der Waals surface area (Å²) in [6.07, 6.45) is 7.34. The summed E-state index contributed by atoms with van der Waals surface area (Å²) in [5.74, 6) is 0.0317. The number of halogens is 1. The van der Waals surface area contributed by atoms with Gasteiger partial charge >= 0.3 is 0 Å². The molecule has 2 heterocycles. The second kappa shape index (κ2) is 5.71. The standard InChI is InChI=1S/C15H14BrN3O/c16-14-13(2-1-7-18-14)15(20)19(12-3-4-12)10-11-5-8-17-9-6-11/h1-2,5-9,12H,3-4,10H2. The summed E-state index contributed by atoms with van der Waals surface area (Å²) in [6.45, 7) is 0.618.